The number of halogens is 1. The minimum Gasteiger partial charge on any atom is -0.394 e. The maximum Gasteiger partial charge on any atom is 0.228 e. The Morgan fingerprint density at radius 2 is 2.19 bits per heavy atom. The average Bonchev–Trinajstić information content (AvgIpc) is 2.92. The Balaban J connectivity index is 1.77. The molecule has 0 fully saturated rings. The van der Waals surface area contributed by atoms with Gasteiger partial charge < -0.3 is 15.0 Å². The highest BCUT2D eigenvalue weighted by Gasteiger charge is 2.37. The third-order valence-corrected chi connectivity index (χ3v) is 7.12. The molecule has 0 spiro atoms. The molecule has 27 heavy (non-hydrogen) atoms. The van der Waals surface area contributed by atoms with Gasteiger partial charge in [-0.2, -0.15) is 0 Å². The molecule has 2 unspecified atom stereocenters. The predicted molar refractivity (Wildman–Crippen MR) is 112 cm³/mol. The van der Waals surface area contributed by atoms with E-state index in [9.17, 15) is 9.90 Å². The number of rotatable bonds is 4. The van der Waals surface area contributed by atoms with Crippen LogP contribution in [0.15, 0.2) is 28.9 Å². The maximum absolute atomic E-state index is 12.8. The van der Waals surface area contributed by atoms with Gasteiger partial charge in [-0.1, -0.05) is 25.1 Å². The van der Waals surface area contributed by atoms with Gasteiger partial charge in [0.2, 0.25) is 5.91 Å². The van der Waals surface area contributed by atoms with Crippen LogP contribution in [0.25, 0.3) is 16.5 Å². The molecule has 1 aliphatic carbocycles. The van der Waals surface area contributed by atoms with E-state index in [1.807, 2.05) is 6.92 Å². The van der Waals surface area contributed by atoms with E-state index >= 15 is 0 Å². The smallest absolute Gasteiger partial charge is 0.228 e. The second kappa shape index (κ2) is 7.08. The summed E-state index contributed by atoms with van der Waals surface area (Å²) in [6.45, 7) is 2.64. The highest BCUT2D eigenvalue weighted by atomic mass is 79.9. The largest absolute Gasteiger partial charge is 0.394 e. The minimum absolute atomic E-state index is 0.000846. The van der Waals surface area contributed by atoms with Gasteiger partial charge in [-0.25, -0.2) is 0 Å². The van der Waals surface area contributed by atoms with Gasteiger partial charge in [-0.15, -0.1) is 0 Å². The lowest BCUT2D eigenvalue weighted by Crippen LogP contribution is -2.48. The Bertz CT molecular complexity index is 929. The first-order chi connectivity index (χ1) is 13.0. The molecule has 0 bridgehead atoms. The summed E-state index contributed by atoms with van der Waals surface area (Å²) in [4.78, 5) is 15.1. The zero-order valence-electron chi connectivity index (χ0n) is 16.0. The van der Waals surface area contributed by atoms with Crippen molar-refractivity contribution in [3.8, 4) is 0 Å². The number of nitrogens with zero attached hydrogens (tertiary/aromatic N) is 2. The Morgan fingerprint density at radius 3 is 2.89 bits per heavy atom. The molecule has 1 aromatic heterocycles. The maximum atomic E-state index is 12.8. The third-order valence-electron chi connectivity index (χ3n) is 6.11. The molecule has 3 atom stereocenters. The van der Waals surface area contributed by atoms with Crippen LogP contribution in [0.2, 0.25) is 0 Å². The lowest BCUT2D eigenvalue weighted by molar-refractivity contribution is -0.125. The molecular weight excluding hydrogens is 406 g/mol. The first-order valence-electron chi connectivity index (χ1n) is 9.55. The van der Waals surface area contributed by atoms with Gasteiger partial charge in [-0.05, 0) is 58.6 Å². The van der Waals surface area contributed by atoms with Crippen molar-refractivity contribution in [2.45, 2.75) is 31.8 Å². The molecule has 2 aliphatic rings. The molecule has 1 amide bonds. The molecule has 2 N–H and O–H groups in total. The second-order valence-electron chi connectivity index (χ2n) is 7.71. The van der Waals surface area contributed by atoms with Crippen molar-refractivity contribution in [3.05, 3.63) is 40.0 Å². The van der Waals surface area contributed by atoms with Crippen LogP contribution in [0.1, 0.15) is 24.5 Å². The van der Waals surface area contributed by atoms with Crippen molar-refractivity contribution < 1.29 is 9.90 Å². The lowest BCUT2D eigenvalue weighted by Gasteiger charge is -2.39. The standard InChI is InChI=1S/C21H26BrN3O2/c1-4-13(11-26)23-21(27)12-8-15-14-6-5-7-17-19(14)16(20(22)25(17)3)9-18(15)24(2)10-12/h5-8,12-13,18,26H,4,9-11H2,1-3H3,(H,23,27)/t12?,13?,18-/m1/s1. The van der Waals surface area contributed by atoms with Crippen molar-refractivity contribution in [2.75, 3.05) is 20.2 Å². The first-order valence-corrected chi connectivity index (χ1v) is 10.3. The van der Waals surface area contributed by atoms with E-state index in [2.05, 4.69) is 69.1 Å². The van der Waals surface area contributed by atoms with Crippen LogP contribution >= 0.6 is 15.9 Å². The second-order valence-corrected chi connectivity index (χ2v) is 8.46. The van der Waals surface area contributed by atoms with Crippen molar-refractivity contribution in [1.29, 1.82) is 0 Å². The van der Waals surface area contributed by atoms with Gasteiger partial charge in [0, 0.05) is 30.5 Å². The SMILES string of the molecule is CCC(CO)NC(=O)C1C=C2c3cccc4c3c(c(Br)n4C)C[C@H]2N(C)C1. The number of aliphatic hydroxyl groups excluding tert-OH is 1. The summed E-state index contributed by atoms with van der Waals surface area (Å²) in [5.41, 5.74) is 5.05. The zero-order valence-corrected chi connectivity index (χ0v) is 17.6. The molecule has 1 aliphatic heterocycles. The van der Waals surface area contributed by atoms with E-state index in [4.69, 9.17) is 0 Å². The monoisotopic (exact) mass is 431 g/mol. The molecule has 2 heterocycles. The lowest BCUT2D eigenvalue weighted by atomic mass is 9.79. The van der Waals surface area contributed by atoms with Gasteiger partial charge in [-0.3, -0.25) is 9.69 Å². The van der Waals surface area contributed by atoms with Crippen LogP contribution in [0, 0.1) is 5.92 Å². The van der Waals surface area contributed by atoms with Crippen molar-refractivity contribution in [2.24, 2.45) is 13.0 Å². The molecule has 0 radical (unpaired) electrons. The highest BCUT2D eigenvalue weighted by molar-refractivity contribution is 9.10. The zero-order chi connectivity index (χ0) is 19.3. The number of nitrogens with one attached hydrogen (secondary N) is 1. The predicted octanol–water partition coefficient (Wildman–Crippen LogP) is 2.70. The number of benzene rings is 1. The fourth-order valence-electron chi connectivity index (χ4n) is 4.50. The van der Waals surface area contributed by atoms with Crippen LogP contribution in [0.5, 0.6) is 0 Å². The van der Waals surface area contributed by atoms with E-state index in [0.717, 1.165) is 17.4 Å². The summed E-state index contributed by atoms with van der Waals surface area (Å²) in [6, 6.07) is 6.53. The van der Waals surface area contributed by atoms with E-state index in [1.165, 1.54) is 27.6 Å². The summed E-state index contributed by atoms with van der Waals surface area (Å²) < 4.78 is 3.34. The fourth-order valence-corrected chi connectivity index (χ4v) is 5.05. The van der Waals surface area contributed by atoms with Crippen LogP contribution in [0.4, 0.5) is 0 Å². The van der Waals surface area contributed by atoms with Crippen molar-refractivity contribution >= 4 is 38.3 Å². The van der Waals surface area contributed by atoms with Gasteiger partial charge in [0.1, 0.15) is 0 Å². The molecule has 1 aromatic carbocycles. The molecule has 0 saturated carbocycles. The molecule has 144 valence electrons. The number of hydrogen-bond acceptors (Lipinski definition) is 3. The summed E-state index contributed by atoms with van der Waals surface area (Å²) >= 11 is 3.77. The number of hydrogen-bond donors (Lipinski definition) is 2. The number of carbonyl (C=O) groups excluding carboxylic acids is 1. The molecule has 5 nitrogen and oxygen atoms in total. The van der Waals surface area contributed by atoms with Crippen molar-refractivity contribution in [1.82, 2.24) is 14.8 Å². The van der Waals surface area contributed by atoms with Crippen LogP contribution in [0.3, 0.4) is 0 Å². The fraction of sp³-hybridized carbons (Fsp3) is 0.476. The summed E-state index contributed by atoms with van der Waals surface area (Å²) in [5.74, 6) is -0.202. The van der Waals surface area contributed by atoms with Crippen molar-refractivity contribution in [3.63, 3.8) is 0 Å². The quantitative estimate of drug-likeness (QED) is 0.782. The molecule has 2 aromatic rings. The Kier molecular flexibility index (Phi) is 4.91. The highest BCUT2D eigenvalue weighted by Crippen LogP contribution is 2.44. The topological polar surface area (TPSA) is 57.5 Å². The van der Waals surface area contributed by atoms with E-state index < -0.39 is 0 Å². The molecule has 6 heteroatoms. The number of aryl methyl sites for hydroxylation is 1. The van der Waals surface area contributed by atoms with Gasteiger partial charge in [0.05, 0.1) is 23.2 Å². The molecule has 0 saturated heterocycles. The van der Waals surface area contributed by atoms with Crippen LogP contribution in [-0.4, -0.2) is 52.8 Å². The minimum atomic E-state index is -0.203. The van der Waals surface area contributed by atoms with E-state index in [-0.39, 0.29) is 30.5 Å². The summed E-state index contributed by atoms with van der Waals surface area (Å²) in [5, 5.41) is 13.7. The van der Waals surface area contributed by atoms with Gasteiger partial charge in [0.15, 0.2) is 0 Å². The molecular formula is C21H26BrN3O2. The number of aliphatic hydroxyl groups is 1. The third kappa shape index (κ3) is 2.94. The number of amides is 1. The number of fused-ring (bicyclic) bond motifs is 2. The number of likely N-dealkylation sites (N-methyl/N-ethyl adjacent to an activating group) is 1. The normalized spacial score (nSPS) is 23.1. The van der Waals surface area contributed by atoms with Gasteiger partial charge >= 0.3 is 0 Å². The Hall–Kier alpha value is -1.63. The Labute approximate surface area is 168 Å². The number of carbonyl (C=O) groups is 1. The molecule has 4 rings (SSSR count). The number of aromatic nitrogens is 1. The summed E-state index contributed by atoms with van der Waals surface area (Å²) in [7, 11) is 4.19. The summed E-state index contributed by atoms with van der Waals surface area (Å²) in [6.07, 6.45) is 3.83. The van der Waals surface area contributed by atoms with Crippen LogP contribution < -0.4 is 5.32 Å². The van der Waals surface area contributed by atoms with E-state index in [0.29, 0.717) is 6.54 Å². The van der Waals surface area contributed by atoms with Gasteiger partial charge in [0.25, 0.3) is 0 Å². The average molecular weight is 432 g/mol. The van der Waals surface area contributed by atoms with E-state index in [1.54, 1.807) is 0 Å². The first kappa shape index (κ1) is 18.7. The Morgan fingerprint density at radius 1 is 1.41 bits per heavy atom. The van der Waals surface area contributed by atoms with Crippen LogP contribution in [-0.2, 0) is 18.3 Å².